The van der Waals surface area contributed by atoms with Gasteiger partial charge in [0.15, 0.2) is 5.60 Å². The van der Waals surface area contributed by atoms with Crippen molar-refractivity contribution in [2.45, 2.75) is 50.3 Å². The number of hydrogen-bond donors (Lipinski definition) is 1. The summed E-state index contributed by atoms with van der Waals surface area (Å²) in [7, 11) is 0. The van der Waals surface area contributed by atoms with Gasteiger partial charge in [0.2, 0.25) is 0 Å². The predicted molar refractivity (Wildman–Crippen MR) is 109 cm³/mol. The summed E-state index contributed by atoms with van der Waals surface area (Å²) in [5, 5.41) is 0. The second kappa shape index (κ2) is 6.76. The van der Waals surface area contributed by atoms with Crippen LogP contribution in [-0.2, 0) is 10.3 Å². The molecule has 2 fully saturated rings. The fourth-order valence-electron chi connectivity index (χ4n) is 4.86. The van der Waals surface area contributed by atoms with E-state index in [1.54, 1.807) is 12.4 Å². The zero-order chi connectivity index (χ0) is 20.0. The lowest BCUT2D eigenvalue weighted by Gasteiger charge is -2.34. The number of cyclic esters (lactones) is 1. The first kappa shape index (κ1) is 18.0. The summed E-state index contributed by atoms with van der Waals surface area (Å²) >= 11 is 0. The van der Waals surface area contributed by atoms with Gasteiger partial charge in [-0.2, -0.15) is 0 Å². The van der Waals surface area contributed by atoms with Crippen LogP contribution in [0.4, 0.5) is 4.79 Å². The zero-order valence-electron chi connectivity index (χ0n) is 16.4. The minimum Gasteiger partial charge on any atom is -0.436 e. The lowest BCUT2D eigenvalue weighted by Crippen LogP contribution is -2.41. The maximum atomic E-state index is 12.6. The lowest BCUT2D eigenvalue weighted by molar-refractivity contribution is 0.0696. The number of nitrogens with one attached hydrogen (secondary N) is 1. The molecule has 3 aromatic rings. The highest BCUT2D eigenvalue weighted by Gasteiger charge is 2.46. The molecule has 2 aliphatic rings. The van der Waals surface area contributed by atoms with Crippen molar-refractivity contribution in [3.05, 3.63) is 64.8 Å². The molecule has 1 amide bonds. The summed E-state index contributed by atoms with van der Waals surface area (Å²) in [5.41, 5.74) is 1.97. The van der Waals surface area contributed by atoms with Crippen LogP contribution in [0.1, 0.15) is 44.2 Å². The van der Waals surface area contributed by atoms with Crippen LogP contribution in [-0.4, -0.2) is 38.1 Å². The van der Waals surface area contributed by atoms with Crippen molar-refractivity contribution in [1.82, 2.24) is 19.4 Å². The molecule has 29 heavy (non-hydrogen) atoms. The second-order valence-corrected chi connectivity index (χ2v) is 8.25. The third kappa shape index (κ3) is 3.01. The number of hydrogen-bond acceptors (Lipinski definition) is 4. The highest BCUT2D eigenvalue weighted by Crippen LogP contribution is 2.38. The van der Waals surface area contributed by atoms with E-state index in [2.05, 4.69) is 9.97 Å². The summed E-state index contributed by atoms with van der Waals surface area (Å²) in [6.07, 6.45) is 6.57. The number of ether oxygens (including phenoxy) is 1. The van der Waals surface area contributed by atoms with Gasteiger partial charge in [-0.1, -0.05) is 30.3 Å². The number of imidazole rings is 1. The average molecular weight is 392 g/mol. The molecule has 1 saturated carbocycles. The number of H-pyrrole nitrogens is 1. The molecule has 0 radical (unpaired) electrons. The second-order valence-electron chi connectivity index (χ2n) is 8.25. The number of rotatable bonds is 3. The normalized spacial score (nSPS) is 27.3. The van der Waals surface area contributed by atoms with E-state index >= 15 is 0 Å². The van der Waals surface area contributed by atoms with E-state index in [1.165, 1.54) is 0 Å². The van der Waals surface area contributed by atoms with Crippen LogP contribution in [0.5, 0.6) is 0 Å². The molecule has 3 heterocycles. The minimum absolute atomic E-state index is 0.0892. The first-order valence-electron chi connectivity index (χ1n) is 10.1. The van der Waals surface area contributed by atoms with Crippen LogP contribution < -0.4 is 5.69 Å². The zero-order valence-corrected chi connectivity index (χ0v) is 16.4. The van der Waals surface area contributed by atoms with E-state index < -0.39 is 5.60 Å². The van der Waals surface area contributed by atoms with Crippen LogP contribution in [0.15, 0.2) is 53.6 Å². The number of benzene rings is 1. The van der Waals surface area contributed by atoms with E-state index in [0.29, 0.717) is 6.54 Å². The van der Waals surface area contributed by atoms with Crippen molar-refractivity contribution >= 4 is 17.1 Å². The Morgan fingerprint density at radius 2 is 1.79 bits per heavy atom. The number of amides is 1. The smallest absolute Gasteiger partial charge is 0.411 e. The van der Waals surface area contributed by atoms with Crippen molar-refractivity contribution in [2.75, 3.05) is 6.54 Å². The molecule has 0 bridgehead atoms. The molecule has 5 rings (SSSR count). The molecular formula is C22H24N4O3. The third-order valence-corrected chi connectivity index (χ3v) is 6.39. The van der Waals surface area contributed by atoms with E-state index in [4.69, 9.17) is 4.74 Å². The molecule has 0 spiro atoms. The van der Waals surface area contributed by atoms with Crippen LogP contribution in [0.2, 0.25) is 0 Å². The maximum Gasteiger partial charge on any atom is 0.411 e. The Hall–Kier alpha value is -3.09. The van der Waals surface area contributed by atoms with Gasteiger partial charge in [-0.3, -0.25) is 9.55 Å². The first-order valence-corrected chi connectivity index (χ1v) is 10.1. The van der Waals surface area contributed by atoms with Crippen molar-refractivity contribution in [2.24, 2.45) is 0 Å². The largest absolute Gasteiger partial charge is 0.436 e. The number of carbonyl (C=O) groups excluding carboxylic acids is 1. The fraction of sp³-hybridized carbons (Fsp3) is 0.409. The number of nitrogens with zero attached hydrogens (tertiary/aromatic N) is 3. The summed E-state index contributed by atoms with van der Waals surface area (Å²) in [4.78, 5) is 34.0. The quantitative estimate of drug-likeness (QED) is 0.739. The van der Waals surface area contributed by atoms with E-state index in [0.717, 1.165) is 42.3 Å². The Kier molecular flexibility index (Phi) is 4.19. The summed E-state index contributed by atoms with van der Waals surface area (Å²) in [6, 6.07) is 12.1. The number of carbonyl (C=O) groups is 1. The number of fused-ring (bicyclic) bond motifs is 1. The summed E-state index contributed by atoms with van der Waals surface area (Å²) in [6.45, 7) is 2.54. The molecule has 7 nitrogen and oxygen atoms in total. The lowest BCUT2D eigenvalue weighted by atomic mass is 9.89. The van der Waals surface area contributed by atoms with E-state index in [9.17, 15) is 9.59 Å². The molecule has 1 aliphatic carbocycles. The molecule has 1 aliphatic heterocycles. The van der Waals surface area contributed by atoms with Gasteiger partial charge in [0, 0.05) is 18.3 Å². The monoisotopic (exact) mass is 392 g/mol. The molecule has 1 saturated heterocycles. The number of aromatic nitrogens is 3. The number of pyridine rings is 1. The molecule has 7 heteroatoms. The Labute approximate surface area is 168 Å². The number of aromatic amines is 1. The van der Waals surface area contributed by atoms with Gasteiger partial charge in [0.1, 0.15) is 0 Å². The van der Waals surface area contributed by atoms with Crippen LogP contribution in [0.3, 0.4) is 0 Å². The Balaban J connectivity index is 1.31. The van der Waals surface area contributed by atoms with Gasteiger partial charge in [-0.05, 0) is 44.2 Å². The van der Waals surface area contributed by atoms with Crippen molar-refractivity contribution in [1.29, 1.82) is 0 Å². The molecule has 2 aromatic heterocycles. The standard InChI is InChI=1S/C22H24N4O3/c1-22(15-5-3-2-4-6-15)14-25(21(28)29-22)16-7-9-17(10-8-16)26-19-11-12-23-13-18(19)24-20(26)27/h2-6,11-13,16-17H,7-10,14H2,1H3,(H,24,27)/t16?,17?,22-/m1/s1. The van der Waals surface area contributed by atoms with Crippen molar-refractivity contribution in [3.8, 4) is 0 Å². The van der Waals surface area contributed by atoms with Gasteiger partial charge in [-0.25, -0.2) is 9.59 Å². The van der Waals surface area contributed by atoms with E-state index in [-0.39, 0.29) is 23.9 Å². The van der Waals surface area contributed by atoms with Gasteiger partial charge >= 0.3 is 11.8 Å². The molecule has 150 valence electrons. The highest BCUT2D eigenvalue weighted by molar-refractivity contribution is 5.74. The topological polar surface area (TPSA) is 80.2 Å². The Morgan fingerprint density at radius 1 is 1.07 bits per heavy atom. The van der Waals surface area contributed by atoms with Crippen LogP contribution >= 0.6 is 0 Å². The van der Waals surface area contributed by atoms with Gasteiger partial charge in [0.25, 0.3) is 0 Å². The van der Waals surface area contributed by atoms with Crippen LogP contribution in [0.25, 0.3) is 11.0 Å². The summed E-state index contributed by atoms with van der Waals surface area (Å²) < 4.78 is 7.65. The van der Waals surface area contributed by atoms with Crippen LogP contribution in [0, 0.1) is 0 Å². The molecule has 0 unspecified atom stereocenters. The van der Waals surface area contributed by atoms with Crippen molar-refractivity contribution in [3.63, 3.8) is 0 Å². The SMILES string of the molecule is C[C@]1(c2ccccc2)CN(C2CCC(n3c(=O)[nH]c4cnccc43)CC2)C(=O)O1. The Bertz CT molecular complexity index is 1100. The fourth-order valence-corrected chi connectivity index (χ4v) is 4.86. The van der Waals surface area contributed by atoms with E-state index in [1.807, 2.05) is 52.8 Å². The van der Waals surface area contributed by atoms with Gasteiger partial charge in [0.05, 0.1) is 23.8 Å². The molecule has 1 atom stereocenters. The predicted octanol–water partition coefficient (Wildman–Crippen LogP) is 3.58. The molecule has 1 aromatic carbocycles. The minimum atomic E-state index is -0.615. The third-order valence-electron chi connectivity index (χ3n) is 6.39. The molecule has 1 N–H and O–H groups in total. The summed E-state index contributed by atoms with van der Waals surface area (Å²) in [5.74, 6) is 0. The average Bonchev–Trinajstić information content (AvgIpc) is 3.25. The first-order chi connectivity index (χ1) is 14.0. The highest BCUT2D eigenvalue weighted by atomic mass is 16.6. The van der Waals surface area contributed by atoms with Gasteiger partial charge < -0.3 is 14.6 Å². The van der Waals surface area contributed by atoms with Crippen molar-refractivity contribution < 1.29 is 9.53 Å². The maximum absolute atomic E-state index is 12.6. The van der Waals surface area contributed by atoms with Gasteiger partial charge in [-0.15, -0.1) is 0 Å². The Morgan fingerprint density at radius 3 is 2.55 bits per heavy atom. The molecular weight excluding hydrogens is 368 g/mol.